The molecule has 2 nitrogen and oxygen atoms in total. The molecule has 0 aliphatic carbocycles. The minimum absolute atomic E-state index is 0.731. The molecular formula is C8H16N2. The van der Waals surface area contributed by atoms with E-state index >= 15 is 0 Å². The van der Waals surface area contributed by atoms with E-state index in [0.717, 1.165) is 5.41 Å². The Labute approximate surface area is 62.9 Å². The number of hydrogen-bond acceptors (Lipinski definition) is 2. The molecule has 0 unspecified atom stereocenters. The summed E-state index contributed by atoms with van der Waals surface area (Å²) in [6.45, 7) is 11.2. The Kier molecular flexibility index (Phi) is 2.11. The molecule has 0 radical (unpaired) electrons. The maximum Gasteiger partial charge on any atom is 0.0206 e. The van der Waals surface area contributed by atoms with Crippen molar-refractivity contribution < 1.29 is 0 Å². The summed E-state index contributed by atoms with van der Waals surface area (Å²) in [4.78, 5) is 2.38. The van der Waals surface area contributed by atoms with Crippen LogP contribution in [-0.4, -0.2) is 38.1 Å². The second-order valence-corrected chi connectivity index (χ2v) is 3.28. The van der Waals surface area contributed by atoms with Crippen LogP contribution in [0.5, 0.6) is 0 Å². The van der Waals surface area contributed by atoms with E-state index in [-0.39, 0.29) is 0 Å². The van der Waals surface area contributed by atoms with Crippen LogP contribution in [0, 0.1) is 5.41 Å². The fourth-order valence-electron chi connectivity index (χ4n) is 1.80. The molecule has 58 valence electrons. The third-order valence-corrected chi connectivity index (χ3v) is 2.21. The van der Waals surface area contributed by atoms with Gasteiger partial charge in [-0.2, -0.15) is 0 Å². The Bertz CT molecular complexity index is 110. The summed E-state index contributed by atoms with van der Waals surface area (Å²) >= 11 is 0. The minimum Gasteiger partial charge on any atom is -0.315 e. The fourth-order valence-corrected chi connectivity index (χ4v) is 1.80. The zero-order valence-corrected chi connectivity index (χ0v) is 6.69. The normalized spacial score (nSPS) is 27.7. The lowest BCUT2D eigenvalue weighted by Gasteiger charge is -2.55. The molecule has 2 aliphatic heterocycles. The van der Waals surface area contributed by atoms with Gasteiger partial charge in [-0.3, -0.25) is 0 Å². The van der Waals surface area contributed by atoms with Crippen LogP contribution in [0.15, 0.2) is 13.2 Å². The smallest absolute Gasteiger partial charge is 0.0206 e. The van der Waals surface area contributed by atoms with Crippen LogP contribution in [0.4, 0.5) is 0 Å². The zero-order valence-electron chi connectivity index (χ0n) is 6.69. The maximum absolute atomic E-state index is 3.30. The summed E-state index contributed by atoms with van der Waals surface area (Å²) in [6.07, 6.45) is 0. The molecule has 2 saturated heterocycles. The van der Waals surface area contributed by atoms with Crippen molar-refractivity contribution in [3.8, 4) is 0 Å². The van der Waals surface area contributed by atoms with Crippen molar-refractivity contribution in [1.82, 2.24) is 10.2 Å². The van der Waals surface area contributed by atoms with Gasteiger partial charge in [-0.1, -0.05) is 0 Å². The zero-order chi connectivity index (χ0) is 7.61. The molecule has 0 bridgehead atoms. The second-order valence-electron chi connectivity index (χ2n) is 3.28. The fraction of sp³-hybridized carbons (Fsp3) is 0.750. The SMILES string of the molecule is C=C.CN1CC2(CNC2)C1. The first-order valence-corrected chi connectivity index (χ1v) is 3.70. The van der Waals surface area contributed by atoms with Crippen LogP contribution >= 0.6 is 0 Å². The molecule has 0 aromatic heterocycles. The lowest BCUT2D eigenvalue weighted by atomic mass is 9.75. The Morgan fingerprint density at radius 2 is 1.80 bits per heavy atom. The Balaban J connectivity index is 0.000000231. The van der Waals surface area contributed by atoms with Gasteiger partial charge < -0.3 is 10.2 Å². The van der Waals surface area contributed by atoms with E-state index in [9.17, 15) is 0 Å². The van der Waals surface area contributed by atoms with E-state index in [2.05, 4.69) is 30.4 Å². The molecule has 1 spiro atoms. The van der Waals surface area contributed by atoms with Gasteiger partial charge >= 0.3 is 0 Å². The monoisotopic (exact) mass is 140 g/mol. The highest BCUT2D eigenvalue weighted by Crippen LogP contribution is 2.32. The van der Waals surface area contributed by atoms with E-state index in [4.69, 9.17) is 0 Å². The predicted octanol–water partition coefficient (Wildman–Crippen LogP) is 0.324. The molecule has 2 heteroatoms. The molecule has 2 heterocycles. The van der Waals surface area contributed by atoms with Gasteiger partial charge in [-0.05, 0) is 7.05 Å². The highest BCUT2D eigenvalue weighted by molar-refractivity contribution is 5.02. The van der Waals surface area contributed by atoms with Gasteiger partial charge in [0.05, 0.1) is 0 Å². The van der Waals surface area contributed by atoms with Gasteiger partial charge in [0.2, 0.25) is 0 Å². The van der Waals surface area contributed by atoms with Crippen molar-refractivity contribution in [1.29, 1.82) is 0 Å². The molecule has 0 atom stereocenters. The Morgan fingerprint density at radius 3 is 1.90 bits per heavy atom. The summed E-state index contributed by atoms with van der Waals surface area (Å²) in [6, 6.07) is 0. The van der Waals surface area contributed by atoms with E-state index < -0.39 is 0 Å². The first-order valence-electron chi connectivity index (χ1n) is 3.70. The van der Waals surface area contributed by atoms with Gasteiger partial charge in [0.1, 0.15) is 0 Å². The Hall–Kier alpha value is -0.340. The van der Waals surface area contributed by atoms with E-state index in [0.29, 0.717) is 0 Å². The number of rotatable bonds is 0. The molecule has 0 amide bonds. The lowest BCUT2D eigenvalue weighted by molar-refractivity contribution is -0.0218. The summed E-state index contributed by atoms with van der Waals surface area (Å²) in [7, 11) is 2.18. The van der Waals surface area contributed by atoms with Crippen LogP contribution in [0.3, 0.4) is 0 Å². The number of nitrogens with zero attached hydrogens (tertiary/aromatic N) is 1. The average molecular weight is 140 g/mol. The summed E-state index contributed by atoms with van der Waals surface area (Å²) in [5.41, 5.74) is 0.731. The molecular weight excluding hydrogens is 124 g/mol. The molecule has 2 rings (SSSR count). The van der Waals surface area contributed by atoms with Gasteiger partial charge in [-0.15, -0.1) is 13.2 Å². The highest BCUT2D eigenvalue weighted by atomic mass is 15.2. The average Bonchev–Trinajstić information content (AvgIpc) is 1.82. The molecule has 1 N–H and O–H groups in total. The van der Waals surface area contributed by atoms with Gasteiger partial charge in [0.25, 0.3) is 0 Å². The molecule has 10 heavy (non-hydrogen) atoms. The maximum atomic E-state index is 3.30. The van der Waals surface area contributed by atoms with Crippen molar-refractivity contribution in [2.45, 2.75) is 0 Å². The van der Waals surface area contributed by atoms with Crippen molar-refractivity contribution >= 4 is 0 Å². The highest BCUT2D eigenvalue weighted by Gasteiger charge is 2.45. The van der Waals surface area contributed by atoms with Crippen LogP contribution in [0.1, 0.15) is 0 Å². The summed E-state index contributed by atoms with van der Waals surface area (Å²) in [5.74, 6) is 0. The molecule has 2 aliphatic rings. The largest absolute Gasteiger partial charge is 0.315 e. The van der Waals surface area contributed by atoms with Crippen LogP contribution < -0.4 is 5.32 Å². The number of likely N-dealkylation sites (tertiary alicyclic amines) is 1. The summed E-state index contributed by atoms with van der Waals surface area (Å²) < 4.78 is 0. The first-order chi connectivity index (χ1) is 4.81. The molecule has 0 aromatic carbocycles. The van der Waals surface area contributed by atoms with E-state index in [1.54, 1.807) is 0 Å². The topological polar surface area (TPSA) is 15.3 Å². The summed E-state index contributed by atoms with van der Waals surface area (Å²) in [5, 5.41) is 3.30. The van der Waals surface area contributed by atoms with Gasteiger partial charge in [0, 0.05) is 31.6 Å². The number of hydrogen-bond donors (Lipinski definition) is 1. The predicted molar refractivity (Wildman–Crippen MR) is 44.1 cm³/mol. The molecule has 0 saturated carbocycles. The van der Waals surface area contributed by atoms with E-state index in [1.165, 1.54) is 26.2 Å². The van der Waals surface area contributed by atoms with Crippen molar-refractivity contribution in [2.24, 2.45) is 5.41 Å². The van der Waals surface area contributed by atoms with Crippen LogP contribution in [0.2, 0.25) is 0 Å². The Morgan fingerprint density at radius 1 is 1.30 bits per heavy atom. The van der Waals surface area contributed by atoms with E-state index in [1.807, 2.05) is 0 Å². The lowest BCUT2D eigenvalue weighted by Crippen LogP contribution is -2.69. The minimum atomic E-state index is 0.731. The van der Waals surface area contributed by atoms with Crippen molar-refractivity contribution in [2.75, 3.05) is 33.2 Å². The third kappa shape index (κ3) is 1.09. The van der Waals surface area contributed by atoms with Crippen molar-refractivity contribution in [3.05, 3.63) is 13.2 Å². The van der Waals surface area contributed by atoms with Crippen LogP contribution in [0.25, 0.3) is 0 Å². The van der Waals surface area contributed by atoms with Crippen molar-refractivity contribution in [3.63, 3.8) is 0 Å². The molecule has 2 fully saturated rings. The quantitative estimate of drug-likeness (QED) is 0.488. The second kappa shape index (κ2) is 2.72. The standard InChI is InChI=1S/C6H12N2.C2H4/c1-8-4-6(5-8)2-7-3-6;1-2/h7H,2-5H2,1H3;1-2H2. The molecule has 0 aromatic rings. The van der Waals surface area contributed by atoms with Gasteiger partial charge in [-0.25, -0.2) is 0 Å². The third-order valence-electron chi connectivity index (χ3n) is 2.21. The van der Waals surface area contributed by atoms with Gasteiger partial charge in [0.15, 0.2) is 0 Å². The number of nitrogens with one attached hydrogen (secondary N) is 1. The van der Waals surface area contributed by atoms with Crippen LogP contribution in [-0.2, 0) is 0 Å². The first kappa shape index (κ1) is 7.76.